The van der Waals surface area contributed by atoms with Crippen molar-refractivity contribution in [2.45, 2.75) is 25.3 Å². The number of nitrogens with one attached hydrogen (secondary N) is 1. The highest BCUT2D eigenvalue weighted by Crippen LogP contribution is 2.32. The lowest BCUT2D eigenvalue weighted by molar-refractivity contribution is -0.885. The molecule has 28 heavy (non-hydrogen) atoms. The van der Waals surface area contributed by atoms with Crippen LogP contribution in [0.2, 0.25) is 5.02 Å². The molecule has 0 bridgehead atoms. The predicted octanol–water partition coefficient (Wildman–Crippen LogP) is 3.37. The van der Waals surface area contributed by atoms with Crippen LogP contribution in [0.5, 0.6) is 0 Å². The fourth-order valence-electron chi connectivity index (χ4n) is 3.85. The minimum atomic E-state index is 0.234. The molecule has 1 aliphatic heterocycles. The first-order valence-electron chi connectivity index (χ1n) is 9.77. The number of para-hydroxylation sites is 1. The fourth-order valence-corrected chi connectivity index (χ4v) is 5.07. The highest BCUT2D eigenvalue weighted by molar-refractivity contribution is 7.18. The van der Waals surface area contributed by atoms with E-state index in [2.05, 4.69) is 25.2 Å². The van der Waals surface area contributed by atoms with Crippen LogP contribution in [0.4, 0.5) is 0 Å². The summed E-state index contributed by atoms with van der Waals surface area (Å²) >= 11 is 7.72. The van der Waals surface area contributed by atoms with E-state index in [-0.39, 0.29) is 5.91 Å². The number of carbonyl (C=O) groups excluding carboxylic acids is 1. The van der Waals surface area contributed by atoms with Crippen LogP contribution < -0.4 is 4.90 Å². The number of rotatable bonds is 5. The summed E-state index contributed by atoms with van der Waals surface area (Å²) in [5.41, 5.74) is 2.26. The van der Waals surface area contributed by atoms with Crippen LogP contribution in [0.15, 0.2) is 48.5 Å². The lowest BCUT2D eigenvalue weighted by Gasteiger charge is -2.32. The van der Waals surface area contributed by atoms with Gasteiger partial charge >= 0.3 is 0 Å². The second-order valence-electron chi connectivity index (χ2n) is 7.64. The lowest BCUT2D eigenvalue weighted by atomic mass is 9.98. The van der Waals surface area contributed by atoms with Gasteiger partial charge in [-0.05, 0) is 37.1 Å². The SMILES string of the molecule is C[NH+](CC(=O)N1CCC[C@H](c2nc3ccccc3s2)C1)Cc1ccc(Cl)cc1. The Kier molecular flexibility index (Phi) is 5.95. The Bertz CT molecular complexity index is 923. The van der Waals surface area contributed by atoms with Gasteiger partial charge in [0.1, 0.15) is 6.54 Å². The summed E-state index contributed by atoms with van der Waals surface area (Å²) in [6.07, 6.45) is 2.15. The molecule has 2 aromatic carbocycles. The zero-order valence-corrected chi connectivity index (χ0v) is 17.6. The number of quaternary nitrogens is 1. The number of hydrogen-bond donors (Lipinski definition) is 1. The van der Waals surface area contributed by atoms with Crippen LogP contribution in [-0.2, 0) is 11.3 Å². The Morgan fingerprint density at radius 2 is 2.04 bits per heavy atom. The van der Waals surface area contributed by atoms with Gasteiger partial charge in [0.15, 0.2) is 6.54 Å². The molecular weight excluding hydrogens is 390 g/mol. The Morgan fingerprint density at radius 1 is 1.25 bits per heavy atom. The van der Waals surface area contributed by atoms with Crippen molar-refractivity contribution in [1.29, 1.82) is 0 Å². The van der Waals surface area contributed by atoms with Crippen LogP contribution in [0, 0.1) is 0 Å². The third-order valence-corrected chi connectivity index (χ3v) is 6.76. The first-order valence-corrected chi connectivity index (χ1v) is 11.0. The van der Waals surface area contributed by atoms with E-state index in [1.807, 2.05) is 35.2 Å². The van der Waals surface area contributed by atoms with Gasteiger partial charge in [0.05, 0.1) is 22.3 Å². The molecule has 0 radical (unpaired) electrons. The summed E-state index contributed by atoms with van der Waals surface area (Å²) in [4.78, 5) is 20.9. The number of hydrogen-bond acceptors (Lipinski definition) is 3. The van der Waals surface area contributed by atoms with Crippen LogP contribution in [0.3, 0.4) is 0 Å². The zero-order valence-electron chi connectivity index (χ0n) is 16.0. The van der Waals surface area contributed by atoms with Crippen LogP contribution >= 0.6 is 22.9 Å². The molecule has 1 saturated heterocycles. The van der Waals surface area contributed by atoms with Gasteiger partial charge in [-0.1, -0.05) is 35.9 Å². The molecule has 1 amide bonds. The van der Waals surface area contributed by atoms with Gasteiger partial charge in [0.25, 0.3) is 5.91 Å². The van der Waals surface area contributed by atoms with Crippen molar-refractivity contribution < 1.29 is 9.69 Å². The van der Waals surface area contributed by atoms with Crippen molar-refractivity contribution in [3.05, 3.63) is 64.1 Å². The fraction of sp³-hybridized carbons (Fsp3) is 0.364. The molecule has 1 unspecified atom stereocenters. The molecule has 2 atom stereocenters. The average Bonchev–Trinajstić information content (AvgIpc) is 3.14. The number of amides is 1. The first-order chi connectivity index (χ1) is 13.6. The van der Waals surface area contributed by atoms with Crippen LogP contribution in [0.1, 0.15) is 29.3 Å². The summed E-state index contributed by atoms with van der Waals surface area (Å²) in [6, 6.07) is 16.1. The highest BCUT2D eigenvalue weighted by Gasteiger charge is 2.28. The summed E-state index contributed by atoms with van der Waals surface area (Å²) in [5.74, 6) is 0.587. The van der Waals surface area contributed by atoms with Gasteiger partial charge in [0.2, 0.25) is 0 Å². The summed E-state index contributed by atoms with van der Waals surface area (Å²) in [7, 11) is 2.07. The molecule has 3 aromatic rings. The van der Waals surface area contributed by atoms with E-state index in [1.165, 1.54) is 20.2 Å². The second kappa shape index (κ2) is 8.60. The van der Waals surface area contributed by atoms with Crippen LogP contribution in [0.25, 0.3) is 10.2 Å². The molecule has 1 N–H and O–H groups in total. The summed E-state index contributed by atoms with van der Waals surface area (Å²) in [6.45, 7) is 2.97. The number of likely N-dealkylation sites (tertiary alicyclic amines) is 1. The number of halogens is 1. The monoisotopic (exact) mass is 414 g/mol. The maximum atomic E-state index is 12.9. The van der Waals surface area contributed by atoms with Gasteiger partial charge in [-0.3, -0.25) is 4.79 Å². The van der Waals surface area contributed by atoms with Crippen molar-refractivity contribution in [2.75, 3.05) is 26.7 Å². The molecule has 4 nitrogen and oxygen atoms in total. The standard InChI is InChI=1S/C22H24ClN3OS/c1-25(13-16-8-10-18(23)11-9-16)15-21(27)26-12-4-5-17(14-26)22-24-19-6-2-3-7-20(19)28-22/h2-3,6-11,17H,4-5,12-15H2,1H3/p+1/t17-/m0/s1. The third kappa shape index (κ3) is 4.54. The molecule has 6 heteroatoms. The molecule has 0 aliphatic carbocycles. The molecule has 1 aliphatic rings. The number of benzene rings is 2. The third-order valence-electron chi connectivity index (χ3n) is 5.31. The number of thiazole rings is 1. The Labute approximate surface area is 174 Å². The average molecular weight is 415 g/mol. The van der Waals surface area contributed by atoms with Crippen molar-refractivity contribution >= 4 is 39.1 Å². The van der Waals surface area contributed by atoms with Crippen molar-refractivity contribution in [2.24, 2.45) is 0 Å². The number of nitrogens with zero attached hydrogens (tertiary/aromatic N) is 2. The van der Waals surface area contributed by atoms with E-state index in [0.29, 0.717) is 12.5 Å². The van der Waals surface area contributed by atoms with Gasteiger partial charge in [-0.2, -0.15) is 0 Å². The zero-order chi connectivity index (χ0) is 19.5. The maximum absolute atomic E-state index is 12.9. The highest BCUT2D eigenvalue weighted by atomic mass is 35.5. The predicted molar refractivity (Wildman–Crippen MR) is 115 cm³/mol. The molecule has 2 heterocycles. The largest absolute Gasteiger partial charge is 0.337 e. The number of fused-ring (bicyclic) bond motifs is 1. The van der Waals surface area contributed by atoms with Gasteiger partial charge in [0, 0.05) is 29.6 Å². The van der Waals surface area contributed by atoms with Gasteiger partial charge in [-0.25, -0.2) is 4.98 Å². The molecule has 0 saturated carbocycles. The van der Waals surface area contributed by atoms with Crippen molar-refractivity contribution in [1.82, 2.24) is 9.88 Å². The van der Waals surface area contributed by atoms with E-state index in [0.717, 1.165) is 43.0 Å². The molecule has 4 rings (SSSR count). The molecule has 0 spiro atoms. The van der Waals surface area contributed by atoms with Crippen molar-refractivity contribution in [3.63, 3.8) is 0 Å². The summed E-state index contributed by atoms with van der Waals surface area (Å²) in [5, 5.41) is 1.91. The molecule has 146 valence electrons. The number of carbonyl (C=O) groups is 1. The minimum absolute atomic E-state index is 0.234. The van der Waals surface area contributed by atoms with E-state index >= 15 is 0 Å². The second-order valence-corrected chi connectivity index (χ2v) is 9.13. The summed E-state index contributed by atoms with van der Waals surface area (Å²) < 4.78 is 1.23. The van der Waals surface area contributed by atoms with Crippen molar-refractivity contribution in [3.8, 4) is 0 Å². The van der Waals surface area contributed by atoms with Crippen LogP contribution in [-0.4, -0.2) is 42.5 Å². The Morgan fingerprint density at radius 3 is 2.82 bits per heavy atom. The lowest BCUT2D eigenvalue weighted by Crippen LogP contribution is -3.08. The quantitative estimate of drug-likeness (QED) is 0.695. The number of aromatic nitrogens is 1. The molecular formula is C22H25ClN3OS+. The van der Waals surface area contributed by atoms with E-state index < -0.39 is 0 Å². The molecule has 1 fully saturated rings. The topological polar surface area (TPSA) is 37.6 Å². The molecule has 1 aromatic heterocycles. The Hall–Kier alpha value is -1.95. The van der Waals surface area contributed by atoms with E-state index in [4.69, 9.17) is 16.6 Å². The maximum Gasteiger partial charge on any atom is 0.277 e. The normalized spacial score (nSPS) is 18.4. The van der Waals surface area contributed by atoms with E-state index in [1.54, 1.807) is 11.3 Å². The minimum Gasteiger partial charge on any atom is -0.337 e. The number of likely N-dealkylation sites (N-methyl/N-ethyl adjacent to an activating group) is 1. The van der Waals surface area contributed by atoms with Gasteiger partial charge in [-0.15, -0.1) is 11.3 Å². The number of piperidine rings is 1. The Balaban J connectivity index is 1.36. The smallest absolute Gasteiger partial charge is 0.277 e. The van der Waals surface area contributed by atoms with E-state index in [9.17, 15) is 4.79 Å². The first kappa shape index (κ1) is 19.4. The van der Waals surface area contributed by atoms with Gasteiger partial charge < -0.3 is 9.80 Å².